The van der Waals surface area contributed by atoms with Crippen molar-refractivity contribution in [2.45, 2.75) is 6.54 Å². The highest BCUT2D eigenvalue weighted by Crippen LogP contribution is 2.18. The highest BCUT2D eigenvalue weighted by molar-refractivity contribution is 5.83. The first-order valence-electron chi connectivity index (χ1n) is 9.73. The van der Waals surface area contributed by atoms with Crippen LogP contribution in [0.15, 0.2) is 95.9 Å². The summed E-state index contributed by atoms with van der Waals surface area (Å²) in [5.41, 5.74) is 2.35. The number of hydrogen-bond donors (Lipinski definition) is 0. The molecule has 4 rings (SSSR count). The summed E-state index contributed by atoms with van der Waals surface area (Å²) in [6, 6.07) is 25.2. The minimum atomic E-state index is -0.365. The van der Waals surface area contributed by atoms with Crippen LogP contribution in [-0.4, -0.2) is 22.2 Å². The second-order valence-electron chi connectivity index (χ2n) is 6.88. The summed E-state index contributed by atoms with van der Waals surface area (Å²) in [5.74, 6) is 0.391. The largest absolute Gasteiger partial charge is 0.348 e. The number of pyridine rings is 1. The molecule has 2 aromatic carbocycles. The molecule has 0 radical (unpaired) electrons. The second kappa shape index (κ2) is 9.01. The van der Waals surface area contributed by atoms with Crippen molar-refractivity contribution in [3.05, 3.63) is 118 Å². The third-order valence-electron chi connectivity index (χ3n) is 4.82. The van der Waals surface area contributed by atoms with Crippen molar-refractivity contribution in [3.63, 3.8) is 0 Å². The van der Waals surface area contributed by atoms with E-state index in [4.69, 9.17) is 0 Å². The Morgan fingerprint density at radius 3 is 2.33 bits per heavy atom. The van der Waals surface area contributed by atoms with Crippen molar-refractivity contribution >= 4 is 23.8 Å². The summed E-state index contributed by atoms with van der Waals surface area (Å²) in [6.07, 6.45) is 6.26. The topological polar surface area (TPSA) is 54.7 Å². The van der Waals surface area contributed by atoms with Gasteiger partial charge in [0.15, 0.2) is 6.29 Å². The average Bonchev–Trinajstić information content (AvgIpc) is 2.80. The maximum absolute atomic E-state index is 12.9. The molecule has 0 aliphatic heterocycles. The fraction of sp³-hybridized carbons (Fsp3) is 0.0800. The monoisotopic (exact) mass is 395 g/mol. The highest BCUT2D eigenvalue weighted by atomic mass is 16.1. The Balaban J connectivity index is 1.76. The van der Waals surface area contributed by atoms with Crippen LogP contribution in [0.3, 0.4) is 0 Å². The van der Waals surface area contributed by atoms with Crippen LogP contribution in [0, 0.1) is 0 Å². The number of benzene rings is 2. The molecule has 0 fully saturated rings. The van der Waals surface area contributed by atoms with E-state index in [1.54, 1.807) is 18.3 Å². The van der Waals surface area contributed by atoms with Gasteiger partial charge in [0.25, 0.3) is 5.56 Å². The van der Waals surface area contributed by atoms with Gasteiger partial charge in [-0.1, -0.05) is 78.9 Å². The maximum Gasteiger partial charge on any atom is 0.270 e. The number of fused-ring (bicyclic) bond motifs is 1. The number of carbonyl (C=O) groups excluding carboxylic acids is 1. The van der Waals surface area contributed by atoms with Crippen molar-refractivity contribution in [1.82, 2.24) is 9.38 Å². The van der Waals surface area contributed by atoms with Gasteiger partial charge in [0, 0.05) is 19.3 Å². The van der Waals surface area contributed by atoms with E-state index in [1.165, 1.54) is 4.40 Å². The molecule has 30 heavy (non-hydrogen) atoms. The molecule has 0 aliphatic rings. The molecule has 0 unspecified atom stereocenters. The Bertz CT molecular complexity index is 1230. The number of nitrogens with zero attached hydrogens (tertiary/aromatic N) is 3. The highest BCUT2D eigenvalue weighted by Gasteiger charge is 2.18. The van der Waals surface area contributed by atoms with Gasteiger partial charge >= 0.3 is 0 Å². The van der Waals surface area contributed by atoms with Crippen LogP contribution in [0.1, 0.15) is 21.5 Å². The Labute approximate surface area is 174 Å². The molecule has 2 aromatic heterocycles. The van der Waals surface area contributed by atoms with Crippen molar-refractivity contribution in [2.24, 2.45) is 0 Å². The normalized spacial score (nSPS) is 11.1. The summed E-state index contributed by atoms with van der Waals surface area (Å²) in [5, 5.41) is 0. The summed E-state index contributed by atoms with van der Waals surface area (Å²) in [7, 11) is 0. The lowest BCUT2D eigenvalue weighted by Crippen LogP contribution is -2.30. The third kappa shape index (κ3) is 4.20. The lowest BCUT2D eigenvalue weighted by molar-refractivity contribution is 0.112. The molecule has 0 aliphatic carbocycles. The average molecular weight is 395 g/mol. The number of hydrogen-bond acceptors (Lipinski definition) is 4. The number of rotatable bonds is 7. The molecule has 0 saturated heterocycles. The predicted molar refractivity (Wildman–Crippen MR) is 120 cm³/mol. The van der Waals surface area contributed by atoms with Gasteiger partial charge in [-0.05, 0) is 23.3 Å². The van der Waals surface area contributed by atoms with Crippen LogP contribution < -0.4 is 10.5 Å². The molecule has 0 atom stereocenters. The standard InChI is InChI=1S/C25H21N3O2/c29-19-22-24(26-23-15-7-8-17-28(23)25(22)30)27(18-21-12-5-2-6-13-21)16-9-14-20-10-3-1-4-11-20/h1-15,17,19H,16,18H2/b14-9-. The van der Waals surface area contributed by atoms with E-state index in [9.17, 15) is 9.59 Å². The second-order valence-corrected chi connectivity index (χ2v) is 6.88. The molecule has 0 bridgehead atoms. The zero-order valence-electron chi connectivity index (χ0n) is 16.4. The quantitative estimate of drug-likeness (QED) is 0.440. The van der Waals surface area contributed by atoms with E-state index >= 15 is 0 Å². The van der Waals surface area contributed by atoms with E-state index in [1.807, 2.05) is 83.8 Å². The first kappa shape index (κ1) is 19.3. The molecule has 0 spiro atoms. The van der Waals surface area contributed by atoms with Gasteiger partial charge in [0.2, 0.25) is 0 Å². The molecule has 148 valence electrons. The van der Waals surface area contributed by atoms with Gasteiger partial charge in [-0.2, -0.15) is 0 Å². The van der Waals surface area contributed by atoms with Crippen LogP contribution in [0.2, 0.25) is 0 Å². The molecule has 5 nitrogen and oxygen atoms in total. The van der Waals surface area contributed by atoms with E-state index < -0.39 is 0 Å². The zero-order chi connectivity index (χ0) is 20.8. The van der Waals surface area contributed by atoms with E-state index in [-0.39, 0.29) is 11.1 Å². The Hall–Kier alpha value is -3.99. The number of aromatic nitrogens is 2. The summed E-state index contributed by atoms with van der Waals surface area (Å²) in [4.78, 5) is 31.3. The molecule has 4 aromatic rings. The van der Waals surface area contributed by atoms with Crippen molar-refractivity contribution in [2.75, 3.05) is 11.4 Å². The smallest absolute Gasteiger partial charge is 0.270 e. The van der Waals surface area contributed by atoms with Crippen LogP contribution >= 0.6 is 0 Å². The lowest BCUT2D eigenvalue weighted by atomic mass is 10.2. The fourth-order valence-electron chi connectivity index (χ4n) is 3.35. The number of carbonyl (C=O) groups is 1. The SMILES string of the molecule is O=Cc1c(N(C/C=C\c2ccccc2)Cc2ccccc2)nc2ccccn2c1=O. The van der Waals surface area contributed by atoms with Gasteiger partial charge in [0.1, 0.15) is 17.0 Å². The van der Waals surface area contributed by atoms with Gasteiger partial charge in [-0.15, -0.1) is 0 Å². The number of aldehydes is 1. The minimum absolute atomic E-state index is 0.0581. The fourth-order valence-corrected chi connectivity index (χ4v) is 3.35. The summed E-state index contributed by atoms with van der Waals surface area (Å²) in [6.45, 7) is 1.02. The molecule has 2 heterocycles. The minimum Gasteiger partial charge on any atom is -0.348 e. The summed E-state index contributed by atoms with van der Waals surface area (Å²) < 4.78 is 1.40. The predicted octanol–water partition coefficient (Wildman–Crippen LogP) is 4.23. The Morgan fingerprint density at radius 2 is 1.60 bits per heavy atom. The molecule has 0 saturated carbocycles. The number of anilines is 1. The van der Waals surface area contributed by atoms with Crippen molar-refractivity contribution in [1.29, 1.82) is 0 Å². The van der Waals surface area contributed by atoms with Gasteiger partial charge in [0.05, 0.1) is 0 Å². The van der Waals surface area contributed by atoms with E-state index in [0.717, 1.165) is 11.1 Å². The van der Waals surface area contributed by atoms with Crippen molar-refractivity contribution in [3.8, 4) is 0 Å². The van der Waals surface area contributed by atoms with Gasteiger partial charge in [-0.25, -0.2) is 4.98 Å². The lowest BCUT2D eigenvalue weighted by Gasteiger charge is -2.24. The van der Waals surface area contributed by atoms with E-state index in [0.29, 0.717) is 30.8 Å². The van der Waals surface area contributed by atoms with E-state index in [2.05, 4.69) is 4.98 Å². The molecule has 5 heteroatoms. The Kier molecular flexibility index (Phi) is 5.80. The molecule has 0 N–H and O–H groups in total. The third-order valence-corrected chi connectivity index (χ3v) is 4.82. The first-order chi connectivity index (χ1) is 14.8. The zero-order valence-corrected chi connectivity index (χ0v) is 16.4. The summed E-state index contributed by atoms with van der Waals surface area (Å²) >= 11 is 0. The first-order valence-corrected chi connectivity index (χ1v) is 9.73. The van der Waals surface area contributed by atoms with Crippen LogP contribution in [-0.2, 0) is 6.54 Å². The van der Waals surface area contributed by atoms with Crippen LogP contribution in [0.5, 0.6) is 0 Å². The van der Waals surface area contributed by atoms with Gasteiger partial charge < -0.3 is 4.90 Å². The Morgan fingerprint density at radius 1 is 0.900 bits per heavy atom. The molecular formula is C25H21N3O2. The molecule has 0 amide bonds. The van der Waals surface area contributed by atoms with Gasteiger partial charge in [-0.3, -0.25) is 14.0 Å². The van der Waals surface area contributed by atoms with Crippen LogP contribution in [0.4, 0.5) is 5.82 Å². The maximum atomic E-state index is 12.9. The van der Waals surface area contributed by atoms with Crippen molar-refractivity contribution < 1.29 is 4.79 Å². The molecular weight excluding hydrogens is 374 g/mol. The van der Waals surface area contributed by atoms with Crippen LogP contribution in [0.25, 0.3) is 11.7 Å².